The van der Waals surface area contributed by atoms with Gasteiger partial charge in [-0.15, -0.1) is 0 Å². The van der Waals surface area contributed by atoms with Crippen LogP contribution in [-0.2, 0) is 18.0 Å². The summed E-state index contributed by atoms with van der Waals surface area (Å²) in [6.45, 7) is 0.315. The number of rotatable bonds is 8. The molecule has 0 saturated carbocycles. The van der Waals surface area contributed by atoms with Gasteiger partial charge in [0, 0.05) is 30.9 Å². The molecule has 0 saturated heterocycles. The molecule has 0 N–H and O–H groups in total. The molecule has 0 fully saturated rings. The Bertz CT molecular complexity index is 411. The van der Waals surface area contributed by atoms with E-state index in [1.165, 1.54) is 0 Å². The van der Waals surface area contributed by atoms with Gasteiger partial charge in [-0.2, -0.15) is 0 Å². The summed E-state index contributed by atoms with van der Waals surface area (Å²) in [4.78, 5) is 11.8. The molecule has 0 heterocycles. The first kappa shape index (κ1) is 17.6. The molecule has 112 valence electrons. The van der Waals surface area contributed by atoms with Gasteiger partial charge >= 0.3 is 14.8 Å². The van der Waals surface area contributed by atoms with Crippen molar-refractivity contribution < 1.29 is 22.8 Å². The van der Waals surface area contributed by atoms with Crippen LogP contribution in [0.2, 0.25) is 6.04 Å². The molecular weight excluding hydrogens is 391 g/mol. The summed E-state index contributed by atoms with van der Waals surface area (Å²) >= 11 is 2.19. The van der Waals surface area contributed by atoms with Crippen LogP contribution in [0.15, 0.2) is 24.3 Å². The maximum atomic E-state index is 11.8. The molecule has 5 nitrogen and oxygen atoms in total. The molecule has 7 heteroatoms. The van der Waals surface area contributed by atoms with E-state index in [4.69, 9.17) is 18.0 Å². The molecule has 1 rings (SSSR count). The van der Waals surface area contributed by atoms with Crippen LogP contribution >= 0.6 is 22.6 Å². The first-order valence-corrected chi connectivity index (χ1v) is 9.16. The Morgan fingerprint density at radius 1 is 1.10 bits per heavy atom. The highest BCUT2D eigenvalue weighted by atomic mass is 127. The Kier molecular flexibility index (Phi) is 7.67. The summed E-state index contributed by atoms with van der Waals surface area (Å²) in [6, 6.07) is 7.85. The Labute approximate surface area is 134 Å². The number of ether oxygens (including phenoxy) is 1. The third kappa shape index (κ3) is 5.13. The summed E-state index contributed by atoms with van der Waals surface area (Å²) < 4.78 is 22.2. The third-order valence-corrected chi connectivity index (χ3v) is 6.42. The van der Waals surface area contributed by atoms with Crippen LogP contribution in [0.25, 0.3) is 0 Å². The minimum absolute atomic E-state index is 0.315. The number of carbonyl (C=O) groups is 1. The van der Waals surface area contributed by atoms with Gasteiger partial charge in [-0.05, 0) is 53.3 Å². The number of carbonyl (C=O) groups excluding carboxylic acids is 1. The molecule has 20 heavy (non-hydrogen) atoms. The fourth-order valence-corrected chi connectivity index (χ4v) is 3.73. The molecule has 0 spiro atoms. The van der Waals surface area contributed by atoms with Crippen LogP contribution in [0.5, 0.6) is 0 Å². The lowest BCUT2D eigenvalue weighted by Gasteiger charge is -2.24. The Morgan fingerprint density at radius 3 is 2.15 bits per heavy atom. The zero-order valence-electron chi connectivity index (χ0n) is 11.8. The van der Waals surface area contributed by atoms with Crippen molar-refractivity contribution in [3.8, 4) is 0 Å². The SMILES string of the molecule is CO[Si](CCCOC(=O)c1ccc(I)cc1)(OC)OC. The van der Waals surface area contributed by atoms with Crippen molar-refractivity contribution in [1.29, 1.82) is 0 Å². The molecule has 0 bridgehead atoms. The highest BCUT2D eigenvalue weighted by molar-refractivity contribution is 14.1. The van der Waals surface area contributed by atoms with Gasteiger partial charge in [0.25, 0.3) is 0 Å². The second-order valence-corrected chi connectivity index (χ2v) is 8.38. The maximum Gasteiger partial charge on any atom is 0.500 e. The van der Waals surface area contributed by atoms with Crippen LogP contribution in [0, 0.1) is 3.57 Å². The van der Waals surface area contributed by atoms with Gasteiger partial charge in [0.2, 0.25) is 0 Å². The topological polar surface area (TPSA) is 54.0 Å². The largest absolute Gasteiger partial charge is 0.500 e. The first-order chi connectivity index (χ1) is 9.56. The van der Waals surface area contributed by atoms with Crippen molar-refractivity contribution in [2.75, 3.05) is 27.9 Å². The molecule has 0 atom stereocenters. The lowest BCUT2D eigenvalue weighted by atomic mass is 10.2. The number of benzene rings is 1. The van der Waals surface area contributed by atoms with E-state index in [0.29, 0.717) is 24.6 Å². The molecule has 0 aliphatic carbocycles. The zero-order chi connectivity index (χ0) is 15.0. The van der Waals surface area contributed by atoms with Crippen LogP contribution in [-0.4, -0.2) is 42.7 Å². The van der Waals surface area contributed by atoms with E-state index in [9.17, 15) is 4.79 Å². The highest BCUT2D eigenvalue weighted by Crippen LogP contribution is 2.15. The number of hydrogen-bond donors (Lipinski definition) is 0. The minimum Gasteiger partial charge on any atom is -0.462 e. The van der Waals surface area contributed by atoms with E-state index in [0.717, 1.165) is 3.57 Å². The summed E-state index contributed by atoms with van der Waals surface area (Å²) in [5, 5.41) is 0. The van der Waals surface area contributed by atoms with Crippen LogP contribution in [0.3, 0.4) is 0 Å². The smallest absolute Gasteiger partial charge is 0.462 e. The Hall–Kier alpha value is -0.483. The normalized spacial score (nSPS) is 11.4. The van der Waals surface area contributed by atoms with E-state index < -0.39 is 8.80 Å². The fraction of sp³-hybridized carbons (Fsp3) is 0.462. The van der Waals surface area contributed by atoms with Gasteiger partial charge in [0.15, 0.2) is 0 Å². The molecule has 0 amide bonds. The minimum atomic E-state index is -2.57. The lowest BCUT2D eigenvalue weighted by molar-refractivity contribution is 0.0493. The number of esters is 1. The molecular formula is C13H19IO5Si. The third-order valence-electron chi connectivity index (χ3n) is 2.87. The van der Waals surface area contributed by atoms with E-state index in [1.54, 1.807) is 33.5 Å². The first-order valence-electron chi connectivity index (χ1n) is 6.15. The number of hydrogen-bond acceptors (Lipinski definition) is 5. The van der Waals surface area contributed by atoms with Crippen molar-refractivity contribution in [3.05, 3.63) is 33.4 Å². The summed E-state index contributed by atoms with van der Waals surface area (Å²) in [7, 11) is 2.13. The van der Waals surface area contributed by atoms with Gasteiger partial charge < -0.3 is 18.0 Å². The monoisotopic (exact) mass is 410 g/mol. The van der Waals surface area contributed by atoms with E-state index in [1.807, 2.05) is 12.1 Å². The molecule has 0 aliphatic rings. The molecule has 0 aliphatic heterocycles. The molecule has 0 radical (unpaired) electrons. The quantitative estimate of drug-likeness (QED) is 0.286. The number of halogens is 1. The van der Waals surface area contributed by atoms with E-state index in [-0.39, 0.29) is 5.97 Å². The molecule has 0 unspecified atom stereocenters. The average Bonchev–Trinajstić information content (AvgIpc) is 2.49. The predicted molar refractivity (Wildman–Crippen MR) is 85.6 cm³/mol. The summed E-state index contributed by atoms with van der Waals surface area (Å²) in [5.41, 5.74) is 0.555. The Morgan fingerprint density at radius 2 is 1.65 bits per heavy atom. The fourth-order valence-electron chi connectivity index (χ4n) is 1.68. The van der Waals surface area contributed by atoms with Crippen LogP contribution in [0.1, 0.15) is 16.8 Å². The van der Waals surface area contributed by atoms with Crippen molar-refractivity contribution in [2.24, 2.45) is 0 Å². The second-order valence-electron chi connectivity index (χ2n) is 4.04. The van der Waals surface area contributed by atoms with E-state index >= 15 is 0 Å². The van der Waals surface area contributed by atoms with E-state index in [2.05, 4.69) is 22.6 Å². The van der Waals surface area contributed by atoms with Crippen molar-refractivity contribution in [1.82, 2.24) is 0 Å². The van der Waals surface area contributed by atoms with Crippen molar-refractivity contribution >= 4 is 37.4 Å². The van der Waals surface area contributed by atoms with Crippen LogP contribution < -0.4 is 0 Å². The second kappa shape index (κ2) is 8.73. The highest BCUT2D eigenvalue weighted by Gasteiger charge is 2.36. The molecule has 1 aromatic carbocycles. The maximum absolute atomic E-state index is 11.8. The van der Waals surface area contributed by atoms with Crippen molar-refractivity contribution in [2.45, 2.75) is 12.5 Å². The molecule has 0 aromatic heterocycles. The van der Waals surface area contributed by atoms with Crippen molar-refractivity contribution in [3.63, 3.8) is 0 Å². The van der Waals surface area contributed by atoms with Gasteiger partial charge in [0.1, 0.15) is 0 Å². The summed E-state index contributed by atoms with van der Waals surface area (Å²) in [6.07, 6.45) is 0.637. The van der Waals surface area contributed by atoms with Crippen LogP contribution in [0.4, 0.5) is 0 Å². The van der Waals surface area contributed by atoms with Gasteiger partial charge in [-0.25, -0.2) is 4.79 Å². The summed E-state index contributed by atoms with van der Waals surface area (Å²) in [5.74, 6) is -0.319. The Balaban J connectivity index is 2.37. The zero-order valence-corrected chi connectivity index (χ0v) is 15.0. The average molecular weight is 410 g/mol. The predicted octanol–water partition coefficient (Wildman–Crippen LogP) is 2.72. The standard InChI is InChI=1S/C13H19IO5Si/c1-16-20(17-2,18-3)10-4-9-19-13(15)11-5-7-12(14)8-6-11/h5-8H,4,9-10H2,1-3H3. The lowest BCUT2D eigenvalue weighted by Crippen LogP contribution is -2.42. The van der Waals surface area contributed by atoms with Gasteiger partial charge in [0.05, 0.1) is 12.2 Å². The van der Waals surface area contributed by atoms with Gasteiger partial charge in [-0.3, -0.25) is 0 Å². The molecule has 1 aromatic rings. The van der Waals surface area contributed by atoms with Gasteiger partial charge in [-0.1, -0.05) is 0 Å².